The number of nitrogens with two attached hydrogens (primary N) is 1. The maximum atomic E-state index is 11.3. The Morgan fingerprint density at radius 1 is 1.14 bits per heavy atom. The third-order valence-electron chi connectivity index (χ3n) is 3.23. The van der Waals surface area contributed by atoms with E-state index in [0.29, 0.717) is 0 Å². The van der Waals surface area contributed by atoms with E-state index in [9.17, 15) is 4.79 Å². The Balaban J connectivity index is 2.17. The van der Waals surface area contributed by atoms with Crippen molar-refractivity contribution in [2.24, 2.45) is 5.73 Å². The quantitative estimate of drug-likeness (QED) is 0.753. The van der Waals surface area contributed by atoms with E-state index < -0.39 is 0 Å². The molecule has 1 amide bonds. The summed E-state index contributed by atoms with van der Waals surface area (Å²) in [4.78, 5) is 16.0. The van der Waals surface area contributed by atoms with Gasteiger partial charge >= 0.3 is 0 Å². The molecule has 0 aliphatic carbocycles. The molecule has 4 nitrogen and oxygen atoms in total. The van der Waals surface area contributed by atoms with E-state index in [1.165, 1.54) is 11.8 Å². The first-order chi connectivity index (χ1) is 10.2. The molecule has 5 heteroatoms. The summed E-state index contributed by atoms with van der Waals surface area (Å²) in [6.07, 6.45) is 0. The average Bonchev–Trinajstić information content (AvgIpc) is 2.85. The van der Waals surface area contributed by atoms with Gasteiger partial charge in [0.15, 0.2) is 5.16 Å². The van der Waals surface area contributed by atoms with Gasteiger partial charge in [-0.15, -0.1) is 0 Å². The number of carbonyl (C=O) groups is 1. The first-order valence-electron chi connectivity index (χ1n) is 6.65. The Morgan fingerprint density at radius 2 is 1.81 bits per heavy atom. The highest BCUT2D eigenvalue weighted by atomic mass is 32.2. The fourth-order valence-electron chi connectivity index (χ4n) is 2.13. The summed E-state index contributed by atoms with van der Waals surface area (Å²) in [7, 11) is 0. The number of amides is 1. The van der Waals surface area contributed by atoms with Gasteiger partial charge in [0.05, 0.1) is 16.3 Å². The molecule has 0 aliphatic heterocycles. The van der Waals surface area contributed by atoms with Gasteiger partial charge in [0.1, 0.15) is 0 Å². The van der Waals surface area contributed by atoms with E-state index >= 15 is 0 Å². The number of aromatic nitrogens is 2. The molecule has 21 heavy (non-hydrogen) atoms. The molecule has 0 aliphatic rings. The smallest absolute Gasteiger partial charge is 0.230 e. The largest absolute Gasteiger partial charge is 0.369 e. The predicted molar refractivity (Wildman–Crippen MR) is 85.6 cm³/mol. The Morgan fingerprint density at radius 3 is 2.52 bits per heavy atom. The van der Waals surface area contributed by atoms with E-state index in [-0.39, 0.29) is 11.2 Å². The van der Waals surface area contributed by atoms with Gasteiger partial charge in [0.25, 0.3) is 0 Å². The summed E-state index contributed by atoms with van der Waals surface area (Å²) < 4.78 is 2.06. The lowest BCUT2D eigenvalue weighted by molar-refractivity contribution is -0.117. The first kappa shape index (κ1) is 13.7. The second-order valence-electron chi connectivity index (χ2n) is 4.72. The highest BCUT2D eigenvalue weighted by Gasteiger charge is 2.18. The number of fused-ring (bicyclic) bond motifs is 1. The molecular formula is C16H15N3OS. The molecule has 0 bridgehead atoms. The van der Waals surface area contributed by atoms with Crippen LogP contribution in [0.2, 0.25) is 0 Å². The number of rotatable bonds is 4. The lowest BCUT2D eigenvalue weighted by Gasteiger charge is -2.10. The molecular weight excluding hydrogens is 282 g/mol. The zero-order chi connectivity index (χ0) is 14.8. The summed E-state index contributed by atoms with van der Waals surface area (Å²) in [5.74, 6) is -0.341. The van der Waals surface area contributed by atoms with Gasteiger partial charge in [-0.3, -0.25) is 9.36 Å². The molecule has 0 spiro atoms. The average molecular weight is 297 g/mol. The number of hydrogen-bond acceptors (Lipinski definition) is 3. The standard InChI is InChI=1S/C16H15N3OS/c1-11(15(17)20)21-16-18-13-9-5-6-10-14(13)19(16)12-7-3-2-4-8-12/h2-11H,1H3,(H2,17,20). The van der Waals surface area contributed by atoms with E-state index in [2.05, 4.69) is 9.55 Å². The minimum Gasteiger partial charge on any atom is -0.369 e. The highest BCUT2D eigenvalue weighted by molar-refractivity contribution is 8.00. The topological polar surface area (TPSA) is 60.9 Å². The number of primary amides is 1. The summed E-state index contributed by atoms with van der Waals surface area (Å²) in [5.41, 5.74) is 8.31. The number of imidazole rings is 1. The number of nitrogens with zero attached hydrogens (tertiary/aromatic N) is 2. The molecule has 0 radical (unpaired) electrons. The van der Waals surface area contributed by atoms with Crippen molar-refractivity contribution in [2.75, 3.05) is 0 Å². The van der Waals surface area contributed by atoms with Gasteiger partial charge in [-0.25, -0.2) is 4.98 Å². The molecule has 106 valence electrons. The molecule has 2 N–H and O–H groups in total. The van der Waals surface area contributed by atoms with Crippen molar-refractivity contribution in [1.82, 2.24) is 9.55 Å². The zero-order valence-electron chi connectivity index (χ0n) is 11.6. The van der Waals surface area contributed by atoms with E-state index in [0.717, 1.165) is 21.9 Å². The van der Waals surface area contributed by atoms with Crippen molar-refractivity contribution in [2.45, 2.75) is 17.3 Å². The third kappa shape index (κ3) is 2.64. The molecule has 1 unspecified atom stereocenters. The van der Waals surface area contributed by atoms with Crippen molar-refractivity contribution in [3.8, 4) is 5.69 Å². The van der Waals surface area contributed by atoms with Gasteiger partial charge in [0, 0.05) is 5.69 Å². The van der Waals surface area contributed by atoms with Gasteiger partial charge in [-0.2, -0.15) is 0 Å². The van der Waals surface area contributed by atoms with Crippen LogP contribution >= 0.6 is 11.8 Å². The van der Waals surface area contributed by atoms with Crippen molar-refractivity contribution < 1.29 is 4.79 Å². The number of carbonyl (C=O) groups excluding carboxylic acids is 1. The molecule has 3 aromatic rings. The second kappa shape index (κ2) is 5.61. The van der Waals surface area contributed by atoms with E-state index in [1.54, 1.807) is 6.92 Å². The maximum Gasteiger partial charge on any atom is 0.230 e. The Kier molecular flexibility index (Phi) is 3.66. The first-order valence-corrected chi connectivity index (χ1v) is 7.53. The van der Waals surface area contributed by atoms with Crippen LogP contribution in [0.25, 0.3) is 16.7 Å². The SMILES string of the molecule is CC(Sc1nc2ccccc2n1-c1ccccc1)C(N)=O. The fourth-order valence-corrected chi connectivity index (χ4v) is 3.02. The number of benzene rings is 2. The lowest BCUT2D eigenvalue weighted by atomic mass is 10.3. The van der Waals surface area contributed by atoms with Crippen LogP contribution in [0.1, 0.15) is 6.92 Å². The van der Waals surface area contributed by atoms with Crippen LogP contribution in [-0.4, -0.2) is 20.7 Å². The Bertz CT molecular complexity index is 783. The van der Waals surface area contributed by atoms with Crippen molar-refractivity contribution >= 4 is 28.7 Å². The molecule has 0 saturated heterocycles. The summed E-state index contributed by atoms with van der Waals surface area (Å²) in [5, 5.41) is 0.443. The van der Waals surface area contributed by atoms with E-state index in [4.69, 9.17) is 5.73 Å². The molecule has 1 atom stereocenters. The van der Waals surface area contributed by atoms with Crippen molar-refractivity contribution in [3.05, 3.63) is 54.6 Å². The van der Waals surface area contributed by atoms with Crippen LogP contribution in [0.3, 0.4) is 0 Å². The predicted octanol–water partition coefficient (Wildman–Crippen LogP) is 2.99. The monoisotopic (exact) mass is 297 g/mol. The molecule has 0 fully saturated rings. The van der Waals surface area contributed by atoms with E-state index in [1.807, 2.05) is 54.6 Å². The van der Waals surface area contributed by atoms with Crippen molar-refractivity contribution in [1.29, 1.82) is 0 Å². The van der Waals surface area contributed by atoms with Crippen LogP contribution in [0, 0.1) is 0 Å². The molecule has 0 saturated carbocycles. The van der Waals surface area contributed by atoms with Gasteiger partial charge < -0.3 is 5.73 Å². The normalized spacial score (nSPS) is 12.4. The van der Waals surface area contributed by atoms with Crippen LogP contribution < -0.4 is 5.73 Å². The van der Waals surface area contributed by atoms with Gasteiger partial charge in [-0.05, 0) is 31.2 Å². The fraction of sp³-hybridized carbons (Fsp3) is 0.125. The summed E-state index contributed by atoms with van der Waals surface area (Å²) in [6.45, 7) is 1.79. The Hall–Kier alpha value is -2.27. The molecule has 1 heterocycles. The number of hydrogen-bond donors (Lipinski definition) is 1. The summed E-state index contributed by atoms with van der Waals surface area (Å²) >= 11 is 1.38. The molecule has 1 aromatic heterocycles. The lowest BCUT2D eigenvalue weighted by Crippen LogP contribution is -2.23. The third-order valence-corrected chi connectivity index (χ3v) is 4.30. The highest BCUT2D eigenvalue weighted by Crippen LogP contribution is 2.30. The van der Waals surface area contributed by atoms with Crippen LogP contribution in [-0.2, 0) is 4.79 Å². The number of thioether (sulfide) groups is 1. The summed E-state index contributed by atoms with van der Waals surface area (Å²) in [6, 6.07) is 17.9. The Labute approximate surface area is 127 Å². The molecule has 2 aromatic carbocycles. The van der Waals surface area contributed by atoms with Crippen molar-refractivity contribution in [3.63, 3.8) is 0 Å². The minimum atomic E-state index is -0.341. The second-order valence-corrected chi connectivity index (χ2v) is 6.02. The van der Waals surface area contributed by atoms with Crippen LogP contribution in [0.5, 0.6) is 0 Å². The van der Waals surface area contributed by atoms with Gasteiger partial charge in [0.2, 0.25) is 5.91 Å². The zero-order valence-corrected chi connectivity index (χ0v) is 12.4. The van der Waals surface area contributed by atoms with Crippen LogP contribution in [0.15, 0.2) is 59.8 Å². The number of para-hydroxylation sites is 3. The molecule has 3 rings (SSSR count). The van der Waals surface area contributed by atoms with Crippen LogP contribution in [0.4, 0.5) is 0 Å². The maximum absolute atomic E-state index is 11.3. The van der Waals surface area contributed by atoms with Gasteiger partial charge in [-0.1, -0.05) is 42.1 Å². The minimum absolute atomic E-state index is 0.329.